The van der Waals surface area contributed by atoms with Crippen molar-refractivity contribution in [3.05, 3.63) is 23.3 Å². The van der Waals surface area contributed by atoms with Gasteiger partial charge in [-0.25, -0.2) is 8.42 Å². The Bertz CT molecular complexity index is 655. The van der Waals surface area contributed by atoms with Crippen LogP contribution in [0.3, 0.4) is 0 Å². The molecule has 1 aliphatic heterocycles. The maximum atomic E-state index is 12.7. The molecule has 21 heavy (non-hydrogen) atoms. The van der Waals surface area contributed by atoms with Gasteiger partial charge in [-0.05, 0) is 44.0 Å². The molecule has 0 bridgehead atoms. The Morgan fingerprint density at radius 3 is 2.62 bits per heavy atom. The minimum Gasteiger partial charge on any atom is -0.494 e. The van der Waals surface area contributed by atoms with E-state index in [0.29, 0.717) is 31.0 Å². The number of benzene rings is 1. The van der Waals surface area contributed by atoms with Crippen LogP contribution in [0.2, 0.25) is 0 Å². The number of sulfonamides is 1. The fourth-order valence-electron chi connectivity index (χ4n) is 2.31. The van der Waals surface area contributed by atoms with Gasteiger partial charge >= 0.3 is 0 Å². The fourth-order valence-corrected chi connectivity index (χ4v) is 4.00. The summed E-state index contributed by atoms with van der Waals surface area (Å²) in [6.45, 7) is 6.45. The molecule has 0 spiro atoms. The van der Waals surface area contributed by atoms with Crippen molar-refractivity contribution in [2.45, 2.75) is 25.7 Å². The smallest absolute Gasteiger partial charge is 0.243 e. The minimum atomic E-state index is -3.66. The maximum absolute atomic E-state index is 12.7. The van der Waals surface area contributed by atoms with Crippen molar-refractivity contribution < 1.29 is 17.9 Å². The molecule has 0 aliphatic carbocycles. The first-order valence-electron chi connectivity index (χ1n) is 6.87. The number of rotatable bonds is 4. The Kier molecular flexibility index (Phi) is 4.53. The third-order valence-electron chi connectivity index (χ3n) is 3.39. The molecular formula is C14H20N2O4S. The second-order valence-corrected chi connectivity index (χ2v) is 6.91. The Labute approximate surface area is 125 Å². The van der Waals surface area contributed by atoms with Gasteiger partial charge < -0.3 is 10.1 Å². The van der Waals surface area contributed by atoms with Crippen LogP contribution in [0.15, 0.2) is 17.0 Å². The van der Waals surface area contributed by atoms with E-state index < -0.39 is 10.0 Å². The summed E-state index contributed by atoms with van der Waals surface area (Å²) >= 11 is 0. The molecule has 116 valence electrons. The van der Waals surface area contributed by atoms with Crippen LogP contribution in [0.25, 0.3) is 0 Å². The molecule has 0 atom stereocenters. The molecule has 1 saturated heterocycles. The largest absolute Gasteiger partial charge is 0.494 e. The summed E-state index contributed by atoms with van der Waals surface area (Å²) in [5, 5.41) is 2.62. The molecule has 0 unspecified atom stereocenters. The van der Waals surface area contributed by atoms with Gasteiger partial charge in [-0.15, -0.1) is 0 Å². The van der Waals surface area contributed by atoms with E-state index in [1.54, 1.807) is 19.1 Å². The number of hydrogen-bond acceptors (Lipinski definition) is 4. The SMILES string of the molecule is CCOc1cc(C)c(S(=O)(=O)N2CCNC(=O)C2)cc1C. The van der Waals surface area contributed by atoms with E-state index in [1.807, 2.05) is 13.8 Å². The lowest BCUT2D eigenvalue weighted by molar-refractivity contribution is -0.122. The Balaban J connectivity index is 2.40. The Hall–Kier alpha value is -1.60. The van der Waals surface area contributed by atoms with Crippen LogP contribution in [0.4, 0.5) is 0 Å². The van der Waals surface area contributed by atoms with Crippen LogP contribution in [0.5, 0.6) is 5.75 Å². The van der Waals surface area contributed by atoms with Crippen LogP contribution in [0, 0.1) is 13.8 Å². The molecule has 1 aromatic rings. The van der Waals surface area contributed by atoms with Crippen molar-refractivity contribution in [3.63, 3.8) is 0 Å². The lowest BCUT2D eigenvalue weighted by Crippen LogP contribution is -2.49. The standard InChI is InChI=1S/C14H20N2O4S/c1-4-20-12-7-11(3)13(8-10(12)2)21(18,19)16-6-5-15-14(17)9-16/h7-8H,4-6,9H2,1-3H3,(H,15,17). The van der Waals surface area contributed by atoms with Gasteiger partial charge in [0.25, 0.3) is 0 Å². The first kappa shape index (κ1) is 15.8. The van der Waals surface area contributed by atoms with E-state index in [0.717, 1.165) is 5.56 Å². The van der Waals surface area contributed by atoms with E-state index in [2.05, 4.69) is 5.32 Å². The number of hydrogen-bond donors (Lipinski definition) is 1. The highest BCUT2D eigenvalue weighted by molar-refractivity contribution is 7.89. The molecule has 2 rings (SSSR count). The van der Waals surface area contributed by atoms with E-state index in [4.69, 9.17) is 4.74 Å². The van der Waals surface area contributed by atoms with Crippen LogP contribution in [0.1, 0.15) is 18.1 Å². The van der Waals surface area contributed by atoms with E-state index in [9.17, 15) is 13.2 Å². The number of carbonyl (C=O) groups is 1. The molecule has 1 fully saturated rings. The Morgan fingerprint density at radius 1 is 1.29 bits per heavy atom. The van der Waals surface area contributed by atoms with E-state index in [1.165, 1.54) is 4.31 Å². The van der Waals surface area contributed by atoms with E-state index >= 15 is 0 Å². The van der Waals surface area contributed by atoms with Gasteiger partial charge in [0.1, 0.15) is 5.75 Å². The number of nitrogens with zero attached hydrogens (tertiary/aromatic N) is 1. The third-order valence-corrected chi connectivity index (χ3v) is 5.38. The zero-order chi connectivity index (χ0) is 15.6. The fraction of sp³-hybridized carbons (Fsp3) is 0.500. The van der Waals surface area contributed by atoms with Crippen molar-refractivity contribution in [1.29, 1.82) is 0 Å². The first-order valence-corrected chi connectivity index (χ1v) is 8.31. The summed E-state index contributed by atoms with van der Waals surface area (Å²) < 4.78 is 32.1. The first-order chi connectivity index (χ1) is 9.86. The number of carbonyl (C=O) groups excluding carboxylic acids is 1. The lowest BCUT2D eigenvalue weighted by Gasteiger charge is -2.26. The predicted molar refractivity (Wildman–Crippen MR) is 78.9 cm³/mol. The molecular weight excluding hydrogens is 292 g/mol. The highest BCUT2D eigenvalue weighted by Gasteiger charge is 2.30. The molecule has 6 nitrogen and oxygen atoms in total. The van der Waals surface area contributed by atoms with Gasteiger partial charge in [-0.3, -0.25) is 4.79 Å². The van der Waals surface area contributed by atoms with Crippen molar-refractivity contribution in [1.82, 2.24) is 9.62 Å². The summed E-state index contributed by atoms with van der Waals surface area (Å²) in [5.74, 6) is 0.412. The van der Waals surface area contributed by atoms with Crippen molar-refractivity contribution in [2.24, 2.45) is 0 Å². The second-order valence-electron chi connectivity index (χ2n) is 5.00. The summed E-state index contributed by atoms with van der Waals surface area (Å²) in [4.78, 5) is 11.6. The molecule has 0 radical (unpaired) electrons. The summed E-state index contributed by atoms with van der Waals surface area (Å²) in [6, 6.07) is 3.35. The Morgan fingerprint density at radius 2 is 2.00 bits per heavy atom. The monoisotopic (exact) mass is 312 g/mol. The second kappa shape index (κ2) is 6.03. The third kappa shape index (κ3) is 3.19. The van der Waals surface area contributed by atoms with Crippen LogP contribution in [-0.4, -0.2) is 44.9 Å². The van der Waals surface area contributed by atoms with Gasteiger partial charge in [-0.2, -0.15) is 4.31 Å². The van der Waals surface area contributed by atoms with Gasteiger partial charge in [-0.1, -0.05) is 0 Å². The normalized spacial score (nSPS) is 16.6. The minimum absolute atomic E-state index is 0.131. The highest BCUT2D eigenvalue weighted by Crippen LogP contribution is 2.28. The number of nitrogens with one attached hydrogen (secondary N) is 1. The van der Waals surface area contributed by atoms with Crippen LogP contribution in [-0.2, 0) is 14.8 Å². The summed E-state index contributed by atoms with van der Waals surface area (Å²) in [6.07, 6.45) is 0. The molecule has 1 aliphatic rings. The van der Waals surface area contributed by atoms with Crippen LogP contribution >= 0.6 is 0 Å². The summed E-state index contributed by atoms with van der Waals surface area (Å²) in [5.41, 5.74) is 1.39. The van der Waals surface area contributed by atoms with Gasteiger partial charge in [0.15, 0.2) is 0 Å². The molecule has 7 heteroatoms. The average molecular weight is 312 g/mol. The highest BCUT2D eigenvalue weighted by atomic mass is 32.2. The summed E-state index contributed by atoms with van der Waals surface area (Å²) in [7, 11) is -3.66. The van der Waals surface area contributed by atoms with Crippen molar-refractivity contribution >= 4 is 15.9 Å². The molecule has 0 aromatic heterocycles. The molecule has 0 saturated carbocycles. The number of amides is 1. The zero-order valence-corrected chi connectivity index (χ0v) is 13.3. The number of ether oxygens (including phenoxy) is 1. The van der Waals surface area contributed by atoms with Crippen molar-refractivity contribution in [2.75, 3.05) is 26.2 Å². The zero-order valence-electron chi connectivity index (χ0n) is 12.5. The number of aryl methyl sites for hydroxylation is 2. The topological polar surface area (TPSA) is 75.7 Å². The molecule has 1 N–H and O–H groups in total. The van der Waals surface area contributed by atoms with Gasteiger partial charge in [0.2, 0.25) is 15.9 Å². The predicted octanol–water partition coefficient (Wildman–Crippen LogP) is 0.823. The lowest BCUT2D eigenvalue weighted by atomic mass is 10.1. The molecule has 1 aromatic carbocycles. The van der Waals surface area contributed by atoms with Gasteiger partial charge in [0.05, 0.1) is 18.0 Å². The average Bonchev–Trinajstić information content (AvgIpc) is 2.42. The quantitative estimate of drug-likeness (QED) is 0.893. The number of piperazine rings is 1. The van der Waals surface area contributed by atoms with Crippen LogP contribution < -0.4 is 10.1 Å². The maximum Gasteiger partial charge on any atom is 0.243 e. The van der Waals surface area contributed by atoms with E-state index in [-0.39, 0.29) is 17.3 Å². The van der Waals surface area contributed by atoms with Gasteiger partial charge in [0, 0.05) is 13.1 Å². The molecule has 1 heterocycles. The molecule has 1 amide bonds. The van der Waals surface area contributed by atoms with Crippen molar-refractivity contribution in [3.8, 4) is 5.75 Å².